The van der Waals surface area contributed by atoms with E-state index in [2.05, 4.69) is 39.0 Å². The lowest BCUT2D eigenvalue weighted by Crippen LogP contribution is -2.39. The van der Waals surface area contributed by atoms with Crippen LogP contribution in [0.5, 0.6) is 0 Å². The number of rotatable bonds is 5. The maximum absolute atomic E-state index is 13.1. The van der Waals surface area contributed by atoms with E-state index in [4.69, 9.17) is 4.98 Å². The van der Waals surface area contributed by atoms with Gasteiger partial charge in [0.25, 0.3) is 0 Å². The van der Waals surface area contributed by atoms with Crippen molar-refractivity contribution >= 4 is 28.6 Å². The predicted octanol–water partition coefficient (Wildman–Crippen LogP) is 5.61. The Morgan fingerprint density at radius 1 is 0.969 bits per heavy atom. The normalized spacial score (nSPS) is 18.2. The quantitative estimate of drug-likeness (QED) is 0.568. The summed E-state index contributed by atoms with van der Waals surface area (Å²) in [6.07, 6.45) is 8.22. The second-order valence-electron chi connectivity index (χ2n) is 9.27. The van der Waals surface area contributed by atoms with Crippen LogP contribution in [0, 0.1) is 17.7 Å². The number of piperidine rings is 1. The van der Waals surface area contributed by atoms with Crippen LogP contribution in [-0.4, -0.2) is 28.5 Å². The minimum atomic E-state index is -0.299. The molecule has 168 valence electrons. The molecule has 6 heteroatoms. The molecule has 1 aromatic heterocycles. The molecular weight excluding hydrogens is 403 g/mol. The summed E-state index contributed by atoms with van der Waals surface area (Å²) in [5, 5.41) is 2.94. The van der Waals surface area contributed by atoms with Gasteiger partial charge in [-0.3, -0.25) is 4.79 Å². The smallest absolute Gasteiger partial charge is 0.227 e. The van der Waals surface area contributed by atoms with Crippen LogP contribution in [0.1, 0.15) is 44.9 Å². The largest absolute Gasteiger partial charge is 0.342 e. The zero-order valence-electron chi connectivity index (χ0n) is 18.5. The van der Waals surface area contributed by atoms with Gasteiger partial charge in [0.2, 0.25) is 11.9 Å². The summed E-state index contributed by atoms with van der Waals surface area (Å²) in [6.45, 7) is 2.66. The highest BCUT2D eigenvalue weighted by atomic mass is 19.1. The predicted molar refractivity (Wildman–Crippen MR) is 126 cm³/mol. The summed E-state index contributed by atoms with van der Waals surface area (Å²) < 4.78 is 15.5. The number of nitrogens with one attached hydrogen (secondary N) is 1. The van der Waals surface area contributed by atoms with Gasteiger partial charge in [0.15, 0.2) is 0 Å². The van der Waals surface area contributed by atoms with Crippen LogP contribution in [0.3, 0.4) is 0 Å². The van der Waals surface area contributed by atoms with E-state index in [1.165, 1.54) is 49.8 Å². The Balaban J connectivity index is 1.28. The number of amides is 1. The molecule has 1 aliphatic carbocycles. The summed E-state index contributed by atoms with van der Waals surface area (Å²) in [5.74, 6) is 1.46. The van der Waals surface area contributed by atoms with Gasteiger partial charge in [0.1, 0.15) is 5.82 Å². The van der Waals surface area contributed by atoms with Crippen molar-refractivity contribution in [3.63, 3.8) is 0 Å². The van der Waals surface area contributed by atoms with Gasteiger partial charge < -0.3 is 14.8 Å². The van der Waals surface area contributed by atoms with Gasteiger partial charge in [-0.1, -0.05) is 31.4 Å². The standard InChI is InChI=1S/C26H31FN4O/c27-21-10-12-22(13-11-21)28-25(32)20-14-16-30(17-15-20)26-29-23-8-4-5-9-24(23)31(26)18-19-6-2-1-3-7-19/h4-5,8-13,19-20H,1-3,6-7,14-18H2,(H,28,32). The number of hydrogen-bond donors (Lipinski definition) is 1. The first-order chi connectivity index (χ1) is 15.7. The average molecular weight is 435 g/mol. The first kappa shape index (κ1) is 21.0. The summed E-state index contributed by atoms with van der Waals surface area (Å²) >= 11 is 0. The van der Waals surface area contributed by atoms with Crippen LogP contribution in [-0.2, 0) is 11.3 Å². The Hall–Kier alpha value is -2.89. The molecule has 2 aromatic carbocycles. The molecule has 1 saturated heterocycles. The van der Waals surface area contributed by atoms with Gasteiger partial charge in [-0.25, -0.2) is 9.37 Å². The Bertz CT molecular complexity index is 1060. The number of hydrogen-bond acceptors (Lipinski definition) is 3. The molecule has 0 unspecified atom stereocenters. The lowest BCUT2D eigenvalue weighted by atomic mass is 9.89. The third-order valence-corrected chi connectivity index (χ3v) is 7.06. The maximum Gasteiger partial charge on any atom is 0.227 e. The Labute approximate surface area is 188 Å². The van der Waals surface area contributed by atoms with Crippen molar-refractivity contribution in [3.8, 4) is 0 Å². The number of para-hydroxylation sites is 2. The van der Waals surface area contributed by atoms with E-state index >= 15 is 0 Å². The maximum atomic E-state index is 13.1. The molecule has 1 amide bonds. The number of aromatic nitrogens is 2. The van der Waals surface area contributed by atoms with Crippen molar-refractivity contribution < 1.29 is 9.18 Å². The van der Waals surface area contributed by atoms with Gasteiger partial charge >= 0.3 is 0 Å². The van der Waals surface area contributed by atoms with Crippen LogP contribution in [0.2, 0.25) is 0 Å². The highest BCUT2D eigenvalue weighted by Gasteiger charge is 2.28. The van der Waals surface area contributed by atoms with Crippen LogP contribution < -0.4 is 10.2 Å². The first-order valence-electron chi connectivity index (χ1n) is 11.9. The zero-order chi connectivity index (χ0) is 21.9. The molecule has 2 heterocycles. The molecule has 0 atom stereocenters. The summed E-state index contributed by atoms with van der Waals surface area (Å²) in [6, 6.07) is 14.4. The SMILES string of the molecule is O=C(Nc1ccc(F)cc1)C1CCN(c2nc3ccccc3n2CC2CCCCC2)CC1. The number of nitrogens with zero attached hydrogens (tertiary/aromatic N) is 3. The number of halogens is 1. The molecular formula is C26H31FN4O. The fourth-order valence-electron chi connectivity index (χ4n) is 5.23. The Morgan fingerprint density at radius 2 is 1.69 bits per heavy atom. The molecule has 0 radical (unpaired) electrons. The lowest BCUT2D eigenvalue weighted by Gasteiger charge is -2.33. The van der Waals surface area contributed by atoms with Crippen LogP contribution in [0.15, 0.2) is 48.5 Å². The number of anilines is 2. The van der Waals surface area contributed by atoms with E-state index in [0.29, 0.717) is 5.69 Å². The molecule has 2 aliphatic rings. The minimum Gasteiger partial charge on any atom is -0.342 e. The van der Waals surface area contributed by atoms with Gasteiger partial charge in [-0.05, 0) is 68.0 Å². The third kappa shape index (κ3) is 4.50. The van der Waals surface area contributed by atoms with E-state index in [-0.39, 0.29) is 17.6 Å². The second kappa shape index (κ2) is 9.31. The molecule has 3 aromatic rings. The number of fused-ring (bicyclic) bond motifs is 1. The van der Waals surface area contributed by atoms with Crippen molar-refractivity contribution in [3.05, 3.63) is 54.3 Å². The molecule has 0 bridgehead atoms. The molecule has 5 rings (SSSR count). The minimum absolute atomic E-state index is 0.0203. The fraction of sp³-hybridized carbons (Fsp3) is 0.462. The third-order valence-electron chi connectivity index (χ3n) is 7.06. The summed E-state index contributed by atoms with van der Waals surface area (Å²) in [4.78, 5) is 20.1. The molecule has 5 nitrogen and oxygen atoms in total. The molecule has 1 N–H and O–H groups in total. The highest BCUT2D eigenvalue weighted by molar-refractivity contribution is 5.92. The molecule has 32 heavy (non-hydrogen) atoms. The van der Waals surface area contributed by atoms with Crippen molar-refractivity contribution in [2.24, 2.45) is 11.8 Å². The second-order valence-corrected chi connectivity index (χ2v) is 9.27. The monoisotopic (exact) mass is 434 g/mol. The van der Waals surface area contributed by atoms with E-state index in [9.17, 15) is 9.18 Å². The van der Waals surface area contributed by atoms with Crippen molar-refractivity contribution in [1.29, 1.82) is 0 Å². The number of carbonyl (C=O) groups excluding carboxylic acids is 1. The Kier molecular flexibility index (Phi) is 6.10. The van der Waals surface area contributed by atoms with E-state index < -0.39 is 0 Å². The Morgan fingerprint density at radius 3 is 2.44 bits per heavy atom. The molecule has 0 spiro atoms. The van der Waals surface area contributed by atoms with E-state index in [1.807, 2.05) is 0 Å². The number of benzene rings is 2. The van der Waals surface area contributed by atoms with Crippen molar-refractivity contribution in [2.45, 2.75) is 51.5 Å². The molecule has 1 saturated carbocycles. The van der Waals surface area contributed by atoms with E-state index in [1.54, 1.807) is 12.1 Å². The first-order valence-corrected chi connectivity index (χ1v) is 11.9. The molecule has 2 fully saturated rings. The van der Waals surface area contributed by atoms with Crippen LogP contribution in [0.25, 0.3) is 11.0 Å². The summed E-state index contributed by atoms with van der Waals surface area (Å²) in [7, 11) is 0. The number of imidazole rings is 1. The van der Waals surface area contributed by atoms with Gasteiger partial charge in [0.05, 0.1) is 11.0 Å². The van der Waals surface area contributed by atoms with Gasteiger partial charge in [-0.15, -0.1) is 0 Å². The summed E-state index contributed by atoms with van der Waals surface area (Å²) in [5.41, 5.74) is 2.91. The van der Waals surface area contributed by atoms with Gasteiger partial charge in [0, 0.05) is 31.2 Å². The van der Waals surface area contributed by atoms with Crippen LogP contribution in [0.4, 0.5) is 16.0 Å². The lowest BCUT2D eigenvalue weighted by molar-refractivity contribution is -0.120. The number of carbonyl (C=O) groups is 1. The van der Waals surface area contributed by atoms with Crippen molar-refractivity contribution in [2.75, 3.05) is 23.3 Å². The van der Waals surface area contributed by atoms with Crippen LogP contribution >= 0.6 is 0 Å². The van der Waals surface area contributed by atoms with Crippen molar-refractivity contribution in [1.82, 2.24) is 9.55 Å². The highest BCUT2D eigenvalue weighted by Crippen LogP contribution is 2.31. The van der Waals surface area contributed by atoms with E-state index in [0.717, 1.165) is 49.9 Å². The average Bonchev–Trinajstić information content (AvgIpc) is 3.20. The van der Waals surface area contributed by atoms with Gasteiger partial charge in [-0.2, -0.15) is 0 Å². The topological polar surface area (TPSA) is 50.2 Å². The molecule has 1 aliphatic heterocycles. The zero-order valence-corrected chi connectivity index (χ0v) is 18.5. The fourth-order valence-corrected chi connectivity index (χ4v) is 5.23.